The van der Waals surface area contributed by atoms with Crippen LogP contribution in [-0.4, -0.2) is 65.1 Å². The van der Waals surface area contributed by atoms with Crippen molar-refractivity contribution in [2.45, 2.75) is 30.6 Å². The van der Waals surface area contributed by atoms with Gasteiger partial charge >= 0.3 is 0 Å². The van der Waals surface area contributed by atoms with E-state index in [4.69, 9.17) is 4.74 Å². The molecule has 0 aliphatic carbocycles. The number of hydrogen-bond acceptors (Lipinski definition) is 7. The van der Waals surface area contributed by atoms with Gasteiger partial charge in [0.25, 0.3) is 0 Å². The normalized spacial score (nSPS) is 16.9. The number of nitrogens with zero attached hydrogens (tertiary/aromatic N) is 3. The Morgan fingerprint density at radius 1 is 1.43 bits per heavy atom. The quantitative estimate of drug-likeness (QED) is 0.790. The first-order valence-corrected chi connectivity index (χ1v) is 8.80. The second-order valence-corrected chi connectivity index (χ2v) is 7.97. The maximum absolute atomic E-state index is 11.9. The Kier molecular flexibility index (Phi) is 5.98. The smallest absolute Gasteiger partial charge is 0.230 e. The molecule has 0 unspecified atom stereocenters. The van der Waals surface area contributed by atoms with Crippen LogP contribution in [0.2, 0.25) is 0 Å². The van der Waals surface area contributed by atoms with Gasteiger partial charge in [-0.3, -0.25) is 9.69 Å². The van der Waals surface area contributed by atoms with Crippen molar-refractivity contribution in [2.24, 2.45) is 0 Å². The van der Waals surface area contributed by atoms with Crippen molar-refractivity contribution in [3.8, 4) is 0 Å². The van der Waals surface area contributed by atoms with Crippen molar-refractivity contribution in [3.05, 3.63) is 5.01 Å². The first-order valence-electron chi connectivity index (χ1n) is 7.00. The van der Waals surface area contributed by atoms with Crippen molar-refractivity contribution in [3.63, 3.8) is 0 Å². The molecule has 2 heterocycles. The van der Waals surface area contributed by atoms with Gasteiger partial charge in [0.15, 0.2) is 4.34 Å². The van der Waals surface area contributed by atoms with E-state index >= 15 is 0 Å². The molecule has 1 aromatic rings. The lowest BCUT2D eigenvalue weighted by molar-refractivity contribution is -0.119. The summed E-state index contributed by atoms with van der Waals surface area (Å²) < 4.78 is 6.21. The number of aryl methyl sites for hydroxylation is 1. The summed E-state index contributed by atoms with van der Waals surface area (Å²) in [5.41, 5.74) is -0.0522. The number of morpholine rings is 1. The Morgan fingerprint density at radius 2 is 2.14 bits per heavy atom. The van der Waals surface area contributed by atoms with Gasteiger partial charge in [0.05, 0.1) is 19.0 Å². The van der Waals surface area contributed by atoms with Crippen LogP contribution >= 0.6 is 23.1 Å². The van der Waals surface area contributed by atoms with Crippen molar-refractivity contribution < 1.29 is 9.53 Å². The van der Waals surface area contributed by atoms with Crippen LogP contribution in [0.15, 0.2) is 4.34 Å². The molecule has 0 atom stereocenters. The summed E-state index contributed by atoms with van der Waals surface area (Å²) >= 11 is 2.95. The third kappa shape index (κ3) is 5.21. The number of rotatable bonds is 6. The highest BCUT2D eigenvalue weighted by atomic mass is 32.2. The number of carbonyl (C=O) groups is 1. The number of thioether (sulfide) groups is 1. The molecule has 8 heteroatoms. The van der Waals surface area contributed by atoms with E-state index in [2.05, 4.69) is 34.3 Å². The summed E-state index contributed by atoms with van der Waals surface area (Å²) in [4.78, 5) is 14.3. The topological polar surface area (TPSA) is 67.4 Å². The first kappa shape index (κ1) is 16.7. The van der Waals surface area contributed by atoms with Crippen LogP contribution < -0.4 is 5.32 Å². The van der Waals surface area contributed by atoms with Gasteiger partial charge < -0.3 is 10.1 Å². The van der Waals surface area contributed by atoms with E-state index in [0.717, 1.165) is 35.7 Å². The lowest BCUT2D eigenvalue weighted by atomic mass is 10.0. The van der Waals surface area contributed by atoms with Crippen LogP contribution in [0.3, 0.4) is 0 Å². The highest BCUT2D eigenvalue weighted by Gasteiger charge is 2.28. The summed E-state index contributed by atoms with van der Waals surface area (Å²) in [6.07, 6.45) is 0. The van der Waals surface area contributed by atoms with Crippen molar-refractivity contribution in [1.82, 2.24) is 20.4 Å². The van der Waals surface area contributed by atoms with Crippen LogP contribution in [0.1, 0.15) is 18.9 Å². The van der Waals surface area contributed by atoms with E-state index in [1.165, 1.54) is 23.1 Å². The molecule has 1 aliphatic rings. The number of ether oxygens (including phenoxy) is 1. The molecule has 0 radical (unpaired) electrons. The Morgan fingerprint density at radius 3 is 2.76 bits per heavy atom. The Balaban J connectivity index is 1.72. The molecule has 0 saturated carbocycles. The average molecular weight is 330 g/mol. The van der Waals surface area contributed by atoms with Crippen LogP contribution in [0.4, 0.5) is 0 Å². The zero-order chi connectivity index (χ0) is 15.3. The first-order chi connectivity index (χ1) is 9.97. The molecule has 1 saturated heterocycles. The van der Waals surface area contributed by atoms with Crippen LogP contribution in [0.25, 0.3) is 0 Å². The number of hydrogen-bond donors (Lipinski definition) is 1. The van der Waals surface area contributed by atoms with E-state index in [0.29, 0.717) is 12.3 Å². The monoisotopic (exact) mass is 330 g/mol. The van der Waals surface area contributed by atoms with Gasteiger partial charge in [0, 0.05) is 25.2 Å². The highest BCUT2D eigenvalue weighted by Crippen LogP contribution is 2.21. The van der Waals surface area contributed by atoms with E-state index in [1.807, 2.05) is 6.92 Å². The maximum Gasteiger partial charge on any atom is 0.230 e. The molecule has 0 spiro atoms. The largest absolute Gasteiger partial charge is 0.379 e. The molecule has 21 heavy (non-hydrogen) atoms. The SMILES string of the molecule is Cc1nnc(SCC(=O)NCC(C)(C)N2CCOCC2)s1. The zero-order valence-electron chi connectivity index (χ0n) is 12.7. The lowest BCUT2D eigenvalue weighted by Gasteiger charge is -2.40. The van der Waals surface area contributed by atoms with Crippen LogP contribution in [0, 0.1) is 6.92 Å². The minimum absolute atomic E-state index is 0.0363. The standard InChI is InChI=1S/C13H22N4O2S2/c1-10-15-16-12(21-10)20-8-11(18)14-9-13(2,3)17-4-6-19-7-5-17/h4-9H2,1-3H3,(H,14,18). The predicted octanol–water partition coefficient (Wildman–Crippen LogP) is 1.17. The lowest BCUT2D eigenvalue weighted by Crippen LogP contribution is -2.55. The van der Waals surface area contributed by atoms with Gasteiger partial charge in [-0.2, -0.15) is 0 Å². The number of aromatic nitrogens is 2. The molecule has 1 aliphatic heterocycles. The van der Waals surface area contributed by atoms with E-state index in [1.54, 1.807) is 0 Å². The van der Waals surface area contributed by atoms with Crippen molar-refractivity contribution >= 4 is 29.0 Å². The third-order valence-corrected chi connectivity index (χ3v) is 5.39. The molecule has 118 valence electrons. The molecular weight excluding hydrogens is 308 g/mol. The number of nitrogens with one attached hydrogen (secondary N) is 1. The van der Waals surface area contributed by atoms with Crippen molar-refractivity contribution in [2.75, 3.05) is 38.6 Å². The molecule has 0 aromatic carbocycles. The summed E-state index contributed by atoms with van der Waals surface area (Å²) in [5, 5.41) is 11.9. The fraction of sp³-hybridized carbons (Fsp3) is 0.769. The molecule has 1 amide bonds. The second-order valence-electron chi connectivity index (χ2n) is 5.56. The summed E-state index contributed by atoms with van der Waals surface area (Å²) in [5.74, 6) is 0.419. The van der Waals surface area contributed by atoms with E-state index in [9.17, 15) is 4.79 Å². The molecule has 1 fully saturated rings. The molecule has 1 aromatic heterocycles. The van der Waals surface area contributed by atoms with E-state index < -0.39 is 0 Å². The minimum atomic E-state index is -0.0522. The summed E-state index contributed by atoms with van der Waals surface area (Å²) in [6, 6.07) is 0. The Hall–Kier alpha value is -0.700. The van der Waals surface area contributed by atoms with Gasteiger partial charge in [0.2, 0.25) is 5.91 Å². The number of carbonyl (C=O) groups excluding carboxylic acids is 1. The molecule has 0 bridgehead atoms. The molecule has 1 N–H and O–H groups in total. The van der Waals surface area contributed by atoms with Gasteiger partial charge in [-0.25, -0.2) is 0 Å². The zero-order valence-corrected chi connectivity index (χ0v) is 14.4. The van der Waals surface area contributed by atoms with Gasteiger partial charge in [-0.1, -0.05) is 23.1 Å². The van der Waals surface area contributed by atoms with Gasteiger partial charge in [0.1, 0.15) is 5.01 Å². The van der Waals surface area contributed by atoms with Gasteiger partial charge in [-0.15, -0.1) is 10.2 Å². The van der Waals surface area contributed by atoms with Crippen molar-refractivity contribution in [1.29, 1.82) is 0 Å². The second kappa shape index (κ2) is 7.53. The number of amides is 1. The molecular formula is C13H22N4O2S2. The average Bonchev–Trinajstić information content (AvgIpc) is 2.90. The fourth-order valence-electron chi connectivity index (χ4n) is 2.11. The summed E-state index contributed by atoms with van der Waals surface area (Å²) in [6.45, 7) is 10.2. The Bertz CT molecular complexity index is 472. The third-order valence-electron chi connectivity index (χ3n) is 3.42. The molecule has 6 nitrogen and oxygen atoms in total. The summed E-state index contributed by atoms with van der Waals surface area (Å²) in [7, 11) is 0. The Labute approximate surface area is 133 Å². The molecule has 2 rings (SSSR count). The van der Waals surface area contributed by atoms with Crippen LogP contribution in [-0.2, 0) is 9.53 Å². The fourth-order valence-corrected chi connectivity index (χ4v) is 3.76. The highest BCUT2D eigenvalue weighted by molar-refractivity contribution is 8.01. The maximum atomic E-state index is 11.9. The van der Waals surface area contributed by atoms with Gasteiger partial charge in [-0.05, 0) is 20.8 Å². The predicted molar refractivity (Wildman–Crippen MR) is 84.9 cm³/mol. The van der Waals surface area contributed by atoms with Crippen LogP contribution in [0.5, 0.6) is 0 Å². The minimum Gasteiger partial charge on any atom is -0.379 e. The van der Waals surface area contributed by atoms with E-state index in [-0.39, 0.29) is 11.4 Å².